The smallest absolute Gasteiger partial charge is 0.461 e. The molecule has 1 aromatic heterocycles. The highest BCUT2D eigenvalue weighted by molar-refractivity contribution is 14.1. The van der Waals surface area contributed by atoms with Crippen LogP contribution in [0.5, 0.6) is 5.88 Å². The molecule has 0 aliphatic carbocycles. The van der Waals surface area contributed by atoms with Gasteiger partial charge in [0.2, 0.25) is 5.88 Å². The summed E-state index contributed by atoms with van der Waals surface area (Å²) in [5, 5.41) is 0. The molecule has 4 nitrogen and oxygen atoms in total. The second kappa shape index (κ2) is 6.50. The predicted molar refractivity (Wildman–Crippen MR) is 64.6 cm³/mol. The Kier molecular flexibility index (Phi) is 5.48. The van der Waals surface area contributed by atoms with Gasteiger partial charge in [0.25, 0.3) is 6.43 Å². The molecule has 0 saturated heterocycles. The normalized spacial score (nSPS) is 11.6. The third-order valence-corrected chi connectivity index (χ3v) is 2.97. The number of pyridine rings is 1. The fourth-order valence-corrected chi connectivity index (χ4v) is 1.79. The van der Waals surface area contributed by atoms with Crippen molar-refractivity contribution in [2.45, 2.75) is 19.7 Å². The third kappa shape index (κ3) is 4.42. The summed E-state index contributed by atoms with van der Waals surface area (Å²) in [5.74, 6) is -2.23. The number of alkyl halides is 5. The van der Waals surface area contributed by atoms with Gasteiger partial charge in [-0.3, -0.25) is 0 Å². The van der Waals surface area contributed by atoms with E-state index in [1.807, 2.05) is 0 Å². The van der Waals surface area contributed by atoms with Gasteiger partial charge >= 0.3 is 12.3 Å². The van der Waals surface area contributed by atoms with Gasteiger partial charge in [0, 0.05) is 5.56 Å². The number of ether oxygens (including phenoxy) is 2. The molecule has 1 rings (SSSR count). The summed E-state index contributed by atoms with van der Waals surface area (Å²) in [5.41, 5.74) is -1.47. The molecule has 1 heterocycles. The first-order valence-electron chi connectivity index (χ1n) is 5.07. The molecular formula is C10H7F5INO3. The van der Waals surface area contributed by atoms with E-state index in [4.69, 9.17) is 0 Å². The second-order valence-electron chi connectivity index (χ2n) is 3.28. The standard InChI is InChI=1S/C10H7F5INO3/c1-2-19-9(18)5-3-4(7(11)12)6(16)8(17-5)20-10(13,14)15/h3,7H,2H2,1H3. The number of nitrogens with zero attached hydrogens (tertiary/aromatic N) is 1. The fourth-order valence-electron chi connectivity index (χ4n) is 1.17. The van der Waals surface area contributed by atoms with Crippen LogP contribution in [0.2, 0.25) is 0 Å². The fraction of sp³-hybridized carbons (Fsp3) is 0.400. The first kappa shape index (κ1) is 16.9. The van der Waals surface area contributed by atoms with E-state index in [-0.39, 0.29) is 6.61 Å². The predicted octanol–water partition coefficient (Wildman–Crippen LogP) is 3.70. The number of aromatic nitrogens is 1. The van der Waals surface area contributed by atoms with Gasteiger partial charge in [-0.15, -0.1) is 13.2 Å². The van der Waals surface area contributed by atoms with E-state index < -0.39 is 39.5 Å². The molecule has 0 amide bonds. The van der Waals surface area contributed by atoms with Crippen molar-refractivity contribution in [2.24, 2.45) is 0 Å². The molecule has 0 unspecified atom stereocenters. The maximum atomic E-state index is 12.7. The molecule has 1 aromatic rings. The summed E-state index contributed by atoms with van der Waals surface area (Å²) in [7, 11) is 0. The summed E-state index contributed by atoms with van der Waals surface area (Å²) in [4.78, 5) is 14.6. The molecule has 10 heteroatoms. The number of carbonyl (C=O) groups excluding carboxylic acids is 1. The Morgan fingerprint density at radius 1 is 1.45 bits per heavy atom. The van der Waals surface area contributed by atoms with Crippen LogP contribution in [-0.2, 0) is 4.74 Å². The summed E-state index contributed by atoms with van der Waals surface area (Å²) in [6.45, 7) is 1.37. The molecule has 0 atom stereocenters. The average molecular weight is 411 g/mol. The lowest BCUT2D eigenvalue weighted by atomic mass is 10.2. The summed E-state index contributed by atoms with van der Waals surface area (Å²) in [6, 6.07) is 0.674. The molecule has 20 heavy (non-hydrogen) atoms. The molecule has 0 spiro atoms. The first-order valence-corrected chi connectivity index (χ1v) is 6.15. The SMILES string of the molecule is CCOC(=O)c1cc(C(F)F)c(I)c(OC(F)(F)F)n1. The minimum Gasteiger partial charge on any atom is -0.461 e. The molecule has 0 saturated carbocycles. The highest BCUT2D eigenvalue weighted by atomic mass is 127. The Morgan fingerprint density at radius 2 is 2.05 bits per heavy atom. The molecule has 112 valence electrons. The maximum Gasteiger partial charge on any atom is 0.574 e. The maximum absolute atomic E-state index is 12.7. The van der Waals surface area contributed by atoms with Crippen molar-refractivity contribution < 1.29 is 36.2 Å². The largest absolute Gasteiger partial charge is 0.574 e. The first-order chi connectivity index (χ1) is 9.15. The molecule has 0 fully saturated rings. The van der Waals surface area contributed by atoms with Crippen LogP contribution in [0.15, 0.2) is 6.07 Å². The molecule has 0 aromatic carbocycles. The molecule has 0 N–H and O–H groups in total. The lowest BCUT2D eigenvalue weighted by Gasteiger charge is -2.13. The Morgan fingerprint density at radius 3 is 2.50 bits per heavy atom. The zero-order valence-electron chi connectivity index (χ0n) is 9.80. The van der Waals surface area contributed by atoms with Crippen molar-refractivity contribution >= 4 is 28.6 Å². The van der Waals surface area contributed by atoms with Crippen molar-refractivity contribution in [2.75, 3.05) is 6.61 Å². The number of rotatable bonds is 4. The van der Waals surface area contributed by atoms with Crippen LogP contribution in [0.4, 0.5) is 22.0 Å². The molecule has 0 aliphatic rings. The summed E-state index contributed by atoms with van der Waals surface area (Å²) in [6.07, 6.45) is -8.20. The van der Waals surface area contributed by atoms with Crippen LogP contribution >= 0.6 is 22.6 Å². The Balaban J connectivity index is 3.31. The lowest BCUT2D eigenvalue weighted by Crippen LogP contribution is -2.20. The number of esters is 1. The van der Waals surface area contributed by atoms with E-state index in [0.717, 1.165) is 0 Å². The van der Waals surface area contributed by atoms with E-state index in [0.29, 0.717) is 6.07 Å². The number of carbonyl (C=O) groups is 1. The molecule has 0 aliphatic heterocycles. The van der Waals surface area contributed by atoms with Gasteiger partial charge in [-0.05, 0) is 35.6 Å². The van der Waals surface area contributed by atoms with Gasteiger partial charge in [-0.25, -0.2) is 18.6 Å². The Labute approximate surface area is 123 Å². The summed E-state index contributed by atoms with van der Waals surface area (Å²) < 4.78 is 69.5. The van der Waals surface area contributed by atoms with Gasteiger partial charge in [-0.2, -0.15) is 0 Å². The van der Waals surface area contributed by atoms with E-state index in [2.05, 4.69) is 14.5 Å². The topological polar surface area (TPSA) is 48.4 Å². The Hall–Kier alpha value is -1.20. The Bertz CT molecular complexity index is 506. The third-order valence-electron chi connectivity index (χ3n) is 1.89. The van der Waals surface area contributed by atoms with Crippen LogP contribution in [-0.4, -0.2) is 23.9 Å². The quantitative estimate of drug-likeness (QED) is 0.431. The van der Waals surface area contributed by atoms with Crippen LogP contribution in [0, 0.1) is 3.57 Å². The van der Waals surface area contributed by atoms with Crippen molar-refractivity contribution in [3.8, 4) is 5.88 Å². The van der Waals surface area contributed by atoms with Gasteiger partial charge in [0.15, 0.2) is 5.69 Å². The highest BCUT2D eigenvalue weighted by Crippen LogP contribution is 2.33. The zero-order chi connectivity index (χ0) is 15.5. The lowest BCUT2D eigenvalue weighted by molar-refractivity contribution is -0.276. The highest BCUT2D eigenvalue weighted by Gasteiger charge is 2.34. The van der Waals surface area contributed by atoms with Crippen LogP contribution in [0.3, 0.4) is 0 Å². The van der Waals surface area contributed by atoms with E-state index in [1.165, 1.54) is 29.5 Å². The van der Waals surface area contributed by atoms with Gasteiger partial charge in [0.1, 0.15) is 0 Å². The van der Waals surface area contributed by atoms with Crippen molar-refractivity contribution in [1.29, 1.82) is 0 Å². The molecular weight excluding hydrogens is 404 g/mol. The van der Waals surface area contributed by atoms with Crippen LogP contribution in [0.25, 0.3) is 0 Å². The number of hydrogen-bond acceptors (Lipinski definition) is 4. The van der Waals surface area contributed by atoms with Crippen molar-refractivity contribution in [1.82, 2.24) is 4.98 Å². The zero-order valence-corrected chi connectivity index (χ0v) is 12.0. The van der Waals surface area contributed by atoms with Gasteiger partial charge < -0.3 is 9.47 Å². The minimum absolute atomic E-state index is 0.0774. The second-order valence-corrected chi connectivity index (χ2v) is 4.36. The number of halogens is 6. The van der Waals surface area contributed by atoms with Crippen LogP contribution < -0.4 is 4.74 Å². The van der Waals surface area contributed by atoms with Crippen molar-refractivity contribution in [3.63, 3.8) is 0 Å². The molecule has 0 bridgehead atoms. The minimum atomic E-state index is -5.11. The van der Waals surface area contributed by atoms with E-state index in [1.54, 1.807) is 0 Å². The summed E-state index contributed by atoms with van der Waals surface area (Å²) >= 11 is 1.24. The van der Waals surface area contributed by atoms with Crippen molar-refractivity contribution in [3.05, 3.63) is 20.9 Å². The van der Waals surface area contributed by atoms with Gasteiger partial charge in [-0.1, -0.05) is 0 Å². The average Bonchev–Trinajstić information content (AvgIpc) is 2.29. The molecule has 0 radical (unpaired) electrons. The van der Waals surface area contributed by atoms with E-state index >= 15 is 0 Å². The number of hydrogen-bond donors (Lipinski definition) is 0. The monoisotopic (exact) mass is 411 g/mol. The van der Waals surface area contributed by atoms with Crippen LogP contribution in [0.1, 0.15) is 29.4 Å². The van der Waals surface area contributed by atoms with Gasteiger partial charge in [0.05, 0.1) is 10.2 Å². The van der Waals surface area contributed by atoms with E-state index in [9.17, 15) is 26.7 Å².